The second-order valence-electron chi connectivity index (χ2n) is 6.87. The fourth-order valence-electron chi connectivity index (χ4n) is 3.52. The molecule has 128 valence electrons. The van der Waals surface area contributed by atoms with Gasteiger partial charge >= 0.3 is 5.97 Å². The average Bonchev–Trinajstić information content (AvgIpc) is 2.89. The number of ether oxygens (including phenoxy) is 1. The molecule has 0 saturated carbocycles. The van der Waals surface area contributed by atoms with Crippen molar-refractivity contribution in [1.82, 2.24) is 4.90 Å². The van der Waals surface area contributed by atoms with E-state index in [4.69, 9.17) is 9.15 Å². The van der Waals surface area contributed by atoms with Crippen molar-refractivity contribution < 1.29 is 18.7 Å². The number of amides is 1. The van der Waals surface area contributed by atoms with Crippen molar-refractivity contribution in [3.8, 4) is 0 Å². The number of piperidine rings is 1. The molecule has 1 aliphatic heterocycles. The highest BCUT2D eigenvalue weighted by Gasteiger charge is 2.27. The number of hydrogen-bond donors (Lipinski definition) is 0. The van der Waals surface area contributed by atoms with Gasteiger partial charge in [-0.2, -0.15) is 0 Å². The molecule has 1 aromatic heterocycles. The van der Waals surface area contributed by atoms with Crippen LogP contribution in [-0.4, -0.2) is 36.5 Å². The molecule has 1 aliphatic rings. The summed E-state index contributed by atoms with van der Waals surface area (Å²) >= 11 is 0. The standard InChI is InChI=1S/C19H23NO4/c1-12-8-13(2)10-20(9-12)17(21)11-23-19(22)18-14(3)15-6-4-5-7-16(15)24-18/h4-7,12-13H,8-11H2,1-3H3/t12-,13+. The quantitative estimate of drug-likeness (QED) is 0.810. The summed E-state index contributed by atoms with van der Waals surface area (Å²) in [7, 11) is 0. The third-order valence-corrected chi connectivity index (χ3v) is 4.58. The number of carbonyl (C=O) groups excluding carboxylic acids is 2. The molecule has 0 N–H and O–H groups in total. The van der Waals surface area contributed by atoms with Crippen molar-refractivity contribution >= 4 is 22.8 Å². The molecule has 0 unspecified atom stereocenters. The zero-order chi connectivity index (χ0) is 17.3. The molecule has 5 heteroatoms. The van der Waals surface area contributed by atoms with Crippen molar-refractivity contribution in [2.45, 2.75) is 27.2 Å². The summed E-state index contributed by atoms with van der Waals surface area (Å²) in [4.78, 5) is 26.4. The van der Waals surface area contributed by atoms with Crippen molar-refractivity contribution in [3.05, 3.63) is 35.6 Å². The lowest BCUT2D eigenvalue weighted by atomic mass is 9.92. The predicted octanol–water partition coefficient (Wildman–Crippen LogP) is 3.40. The number of nitrogens with zero attached hydrogens (tertiary/aromatic N) is 1. The Labute approximate surface area is 141 Å². The van der Waals surface area contributed by atoms with Gasteiger partial charge in [0.05, 0.1) is 0 Å². The normalized spacial score (nSPS) is 21.0. The number of carbonyl (C=O) groups is 2. The van der Waals surface area contributed by atoms with E-state index in [2.05, 4.69) is 13.8 Å². The van der Waals surface area contributed by atoms with E-state index in [1.807, 2.05) is 25.1 Å². The number of aryl methyl sites for hydroxylation is 1. The van der Waals surface area contributed by atoms with Gasteiger partial charge in [0.2, 0.25) is 5.76 Å². The Bertz CT molecular complexity index is 754. The van der Waals surface area contributed by atoms with E-state index in [1.54, 1.807) is 11.0 Å². The van der Waals surface area contributed by atoms with Crippen LogP contribution in [0.3, 0.4) is 0 Å². The van der Waals surface area contributed by atoms with E-state index in [0.717, 1.165) is 30.5 Å². The number of benzene rings is 1. The molecule has 1 fully saturated rings. The Morgan fingerprint density at radius 1 is 1.21 bits per heavy atom. The van der Waals surface area contributed by atoms with E-state index < -0.39 is 5.97 Å². The number of para-hydroxylation sites is 1. The van der Waals surface area contributed by atoms with Crippen molar-refractivity contribution in [2.75, 3.05) is 19.7 Å². The Hall–Kier alpha value is -2.30. The fraction of sp³-hybridized carbons (Fsp3) is 0.474. The fourth-order valence-corrected chi connectivity index (χ4v) is 3.52. The highest BCUT2D eigenvalue weighted by atomic mass is 16.5. The maximum Gasteiger partial charge on any atom is 0.375 e. The molecule has 1 aromatic carbocycles. The number of fused-ring (bicyclic) bond motifs is 1. The van der Waals surface area contributed by atoms with Crippen LogP contribution < -0.4 is 0 Å². The molecule has 3 rings (SSSR count). The zero-order valence-electron chi connectivity index (χ0n) is 14.4. The highest BCUT2D eigenvalue weighted by molar-refractivity contribution is 5.96. The van der Waals surface area contributed by atoms with Gasteiger partial charge in [0.1, 0.15) is 5.58 Å². The van der Waals surface area contributed by atoms with Crippen LogP contribution in [0.4, 0.5) is 0 Å². The summed E-state index contributed by atoms with van der Waals surface area (Å²) in [6, 6.07) is 7.44. The molecule has 0 spiro atoms. The van der Waals surface area contributed by atoms with E-state index in [9.17, 15) is 9.59 Å². The smallest absolute Gasteiger partial charge is 0.375 e. The van der Waals surface area contributed by atoms with E-state index in [0.29, 0.717) is 17.4 Å². The predicted molar refractivity (Wildman–Crippen MR) is 90.8 cm³/mol. The molecule has 1 saturated heterocycles. The molecule has 0 bridgehead atoms. The Balaban J connectivity index is 1.64. The molecule has 24 heavy (non-hydrogen) atoms. The second-order valence-corrected chi connectivity index (χ2v) is 6.87. The summed E-state index contributed by atoms with van der Waals surface area (Å²) in [6.07, 6.45) is 1.13. The van der Waals surface area contributed by atoms with Gasteiger partial charge in [-0.25, -0.2) is 4.79 Å². The first-order valence-electron chi connectivity index (χ1n) is 8.38. The number of esters is 1. The SMILES string of the molecule is Cc1c(C(=O)OCC(=O)N2C[C@H](C)C[C@H](C)C2)oc2ccccc12. The van der Waals surface area contributed by atoms with Crippen molar-refractivity contribution in [2.24, 2.45) is 11.8 Å². The molecule has 0 aliphatic carbocycles. The zero-order valence-corrected chi connectivity index (χ0v) is 14.4. The molecular formula is C19H23NO4. The maximum absolute atomic E-state index is 12.3. The Morgan fingerprint density at radius 2 is 1.88 bits per heavy atom. The number of furan rings is 1. The van der Waals surface area contributed by atoms with Crippen LogP contribution in [-0.2, 0) is 9.53 Å². The van der Waals surface area contributed by atoms with Crippen molar-refractivity contribution in [3.63, 3.8) is 0 Å². The minimum absolute atomic E-state index is 0.143. The van der Waals surface area contributed by atoms with E-state index >= 15 is 0 Å². The monoisotopic (exact) mass is 329 g/mol. The van der Waals surface area contributed by atoms with Crippen LogP contribution >= 0.6 is 0 Å². The largest absolute Gasteiger partial charge is 0.450 e. The first-order chi connectivity index (χ1) is 11.5. The summed E-state index contributed by atoms with van der Waals surface area (Å²) in [5.41, 5.74) is 1.38. The highest BCUT2D eigenvalue weighted by Crippen LogP contribution is 2.25. The summed E-state index contributed by atoms with van der Waals surface area (Å²) in [5, 5.41) is 0.884. The van der Waals surface area contributed by atoms with E-state index in [-0.39, 0.29) is 18.3 Å². The van der Waals surface area contributed by atoms with Crippen LogP contribution in [0.5, 0.6) is 0 Å². The maximum atomic E-state index is 12.3. The minimum Gasteiger partial charge on any atom is -0.450 e. The Kier molecular flexibility index (Phi) is 4.60. The number of hydrogen-bond acceptors (Lipinski definition) is 4. The van der Waals surface area contributed by atoms with Crippen LogP contribution in [0.25, 0.3) is 11.0 Å². The minimum atomic E-state index is -0.588. The molecule has 0 radical (unpaired) electrons. The van der Waals surface area contributed by atoms with Gasteiger partial charge in [0, 0.05) is 24.0 Å². The molecular weight excluding hydrogens is 306 g/mol. The lowest BCUT2D eigenvalue weighted by Crippen LogP contribution is -2.44. The van der Waals surface area contributed by atoms with Crippen molar-refractivity contribution in [1.29, 1.82) is 0 Å². The molecule has 5 nitrogen and oxygen atoms in total. The lowest BCUT2D eigenvalue weighted by Gasteiger charge is -2.34. The molecule has 2 atom stereocenters. The average molecular weight is 329 g/mol. The van der Waals surface area contributed by atoms with Gasteiger partial charge in [0.15, 0.2) is 6.61 Å². The number of rotatable bonds is 3. The first kappa shape index (κ1) is 16.6. The second kappa shape index (κ2) is 6.67. The van der Waals surface area contributed by atoms with Gasteiger partial charge in [-0.1, -0.05) is 32.0 Å². The first-order valence-corrected chi connectivity index (χ1v) is 8.38. The third kappa shape index (κ3) is 3.30. The van der Waals surface area contributed by atoms with E-state index in [1.165, 1.54) is 0 Å². The van der Waals surface area contributed by atoms with Crippen LogP contribution in [0.2, 0.25) is 0 Å². The third-order valence-electron chi connectivity index (χ3n) is 4.58. The lowest BCUT2D eigenvalue weighted by molar-refractivity contribution is -0.137. The van der Waals surface area contributed by atoms with Crippen LogP contribution in [0.15, 0.2) is 28.7 Å². The summed E-state index contributed by atoms with van der Waals surface area (Å²) < 4.78 is 10.8. The van der Waals surface area contributed by atoms with Crippen LogP contribution in [0, 0.1) is 18.8 Å². The topological polar surface area (TPSA) is 59.8 Å². The molecule has 2 heterocycles. The molecule has 1 amide bonds. The summed E-state index contributed by atoms with van der Waals surface area (Å²) in [6.45, 7) is 7.31. The van der Waals surface area contributed by atoms with Gasteiger partial charge < -0.3 is 14.1 Å². The van der Waals surface area contributed by atoms with Gasteiger partial charge in [-0.15, -0.1) is 0 Å². The molecule has 2 aromatic rings. The number of likely N-dealkylation sites (tertiary alicyclic amines) is 1. The van der Waals surface area contributed by atoms with Crippen LogP contribution in [0.1, 0.15) is 36.4 Å². The van der Waals surface area contributed by atoms with Gasteiger partial charge in [0.25, 0.3) is 5.91 Å². The summed E-state index contributed by atoms with van der Waals surface area (Å²) in [5.74, 6) is 0.395. The Morgan fingerprint density at radius 3 is 2.54 bits per heavy atom. The van der Waals surface area contributed by atoms with Gasteiger partial charge in [-0.05, 0) is 31.2 Å². The van der Waals surface area contributed by atoms with Gasteiger partial charge in [-0.3, -0.25) is 4.79 Å².